The number of aryl methyl sites for hydroxylation is 1. The van der Waals surface area contributed by atoms with Crippen LogP contribution in [-0.4, -0.2) is 17.7 Å². The molecule has 0 bridgehead atoms. The molecule has 3 nitrogen and oxygen atoms in total. The topological polar surface area (TPSA) is 52.0 Å². The molecule has 0 unspecified atom stereocenters. The van der Waals surface area contributed by atoms with Crippen LogP contribution in [0.25, 0.3) is 0 Å². The number of nitrogens with two attached hydrogens (primary N) is 1. The summed E-state index contributed by atoms with van der Waals surface area (Å²) >= 11 is 0. The van der Waals surface area contributed by atoms with Gasteiger partial charge in [0.05, 0.1) is 12.6 Å². The van der Waals surface area contributed by atoms with Crippen molar-refractivity contribution in [3.8, 4) is 0 Å². The van der Waals surface area contributed by atoms with E-state index in [1.165, 1.54) is 6.20 Å². The number of hydrogen-bond donors (Lipinski definition) is 1. The first-order valence-electron chi connectivity index (χ1n) is 4.21. The van der Waals surface area contributed by atoms with E-state index in [-0.39, 0.29) is 12.2 Å². The lowest BCUT2D eigenvalue weighted by molar-refractivity contribution is -0.134. The Hall–Kier alpha value is -1.04. The third-order valence-electron chi connectivity index (χ3n) is 1.61. The number of halogens is 3. The molecule has 0 radical (unpaired) electrons. The molecule has 0 atom stereocenters. The Morgan fingerprint density at radius 3 is 2.64 bits per heavy atom. The molecule has 0 aliphatic rings. The fourth-order valence-corrected chi connectivity index (χ4v) is 0.968. The van der Waals surface area contributed by atoms with E-state index in [0.717, 1.165) is 0 Å². The van der Waals surface area contributed by atoms with Crippen LogP contribution in [0.15, 0.2) is 10.6 Å². The van der Waals surface area contributed by atoms with Gasteiger partial charge in [0.2, 0.25) is 0 Å². The summed E-state index contributed by atoms with van der Waals surface area (Å²) in [6.45, 7) is 0.374. The van der Waals surface area contributed by atoms with Crippen molar-refractivity contribution >= 4 is 0 Å². The molecule has 0 spiro atoms. The Kier molecular flexibility index (Phi) is 3.51. The predicted molar refractivity (Wildman–Crippen MR) is 43.6 cm³/mol. The summed E-state index contributed by atoms with van der Waals surface area (Å²) < 4.78 is 40.5. The predicted octanol–water partition coefficient (Wildman–Crippen LogP) is 1.67. The molecule has 0 saturated heterocycles. The second-order valence-corrected chi connectivity index (χ2v) is 2.87. The summed E-state index contributed by atoms with van der Waals surface area (Å²) in [5.41, 5.74) is 5.23. The monoisotopic (exact) mass is 208 g/mol. The van der Waals surface area contributed by atoms with Gasteiger partial charge >= 0.3 is 6.18 Å². The summed E-state index contributed by atoms with van der Waals surface area (Å²) in [5, 5.41) is 0. The molecule has 1 rings (SSSR count). The Morgan fingerprint density at radius 1 is 1.36 bits per heavy atom. The summed E-state index contributed by atoms with van der Waals surface area (Å²) in [6.07, 6.45) is -3.44. The van der Waals surface area contributed by atoms with E-state index in [1.807, 2.05) is 0 Å². The number of nitrogens with zero attached hydrogens (tertiary/aromatic N) is 1. The third kappa shape index (κ3) is 3.78. The number of oxazole rings is 1. The molecule has 2 N–H and O–H groups in total. The zero-order chi connectivity index (χ0) is 10.6. The van der Waals surface area contributed by atoms with Crippen molar-refractivity contribution in [3.05, 3.63) is 17.8 Å². The summed E-state index contributed by atoms with van der Waals surface area (Å²) in [7, 11) is 0. The van der Waals surface area contributed by atoms with Gasteiger partial charge in [-0.25, -0.2) is 4.98 Å². The van der Waals surface area contributed by atoms with E-state index < -0.39 is 12.6 Å². The van der Waals surface area contributed by atoms with Crippen LogP contribution in [-0.2, 0) is 12.8 Å². The Labute approximate surface area is 79.1 Å². The zero-order valence-corrected chi connectivity index (χ0v) is 7.47. The summed E-state index contributed by atoms with van der Waals surface area (Å²) in [6, 6.07) is 0. The van der Waals surface area contributed by atoms with Gasteiger partial charge < -0.3 is 10.2 Å². The van der Waals surface area contributed by atoms with Crippen molar-refractivity contribution in [1.82, 2.24) is 4.98 Å². The molecule has 0 aliphatic heterocycles. The van der Waals surface area contributed by atoms with Crippen molar-refractivity contribution in [1.29, 1.82) is 0 Å². The van der Waals surface area contributed by atoms with Crippen LogP contribution in [0.4, 0.5) is 13.2 Å². The van der Waals surface area contributed by atoms with Crippen LogP contribution in [0.1, 0.15) is 18.1 Å². The maximum Gasteiger partial charge on any atom is 0.389 e. The van der Waals surface area contributed by atoms with Gasteiger partial charge in [-0.05, 0) is 0 Å². The molecule has 0 amide bonds. The van der Waals surface area contributed by atoms with Gasteiger partial charge in [-0.3, -0.25) is 0 Å². The second-order valence-electron chi connectivity index (χ2n) is 2.87. The van der Waals surface area contributed by atoms with E-state index in [2.05, 4.69) is 4.98 Å². The first-order valence-corrected chi connectivity index (χ1v) is 4.21. The van der Waals surface area contributed by atoms with Crippen LogP contribution in [0.2, 0.25) is 0 Å². The van der Waals surface area contributed by atoms with Crippen molar-refractivity contribution < 1.29 is 17.6 Å². The Bertz CT molecular complexity index is 282. The molecule has 6 heteroatoms. The number of hydrogen-bond acceptors (Lipinski definition) is 3. The quantitative estimate of drug-likeness (QED) is 0.818. The number of alkyl halides is 3. The lowest BCUT2D eigenvalue weighted by Gasteiger charge is -2.02. The van der Waals surface area contributed by atoms with Crippen LogP contribution in [0.3, 0.4) is 0 Å². The second kappa shape index (κ2) is 4.45. The largest absolute Gasteiger partial charge is 0.446 e. The first-order chi connectivity index (χ1) is 6.51. The van der Waals surface area contributed by atoms with Gasteiger partial charge in [0.1, 0.15) is 5.76 Å². The molecule has 0 aliphatic carbocycles. The summed E-state index contributed by atoms with van der Waals surface area (Å²) in [5.74, 6) is 0.649. The minimum atomic E-state index is -4.15. The van der Waals surface area contributed by atoms with Gasteiger partial charge in [0, 0.05) is 19.4 Å². The molecule has 1 heterocycles. The SMILES string of the molecule is NCCc1ncc(CCC(F)(F)F)o1. The highest BCUT2D eigenvalue weighted by molar-refractivity contribution is 4.95. The molecule has 14 heavy (non-hydrogen) atoms. The maximum atomic E-state index is 11.8. The fraction of sp³-hybridized carbons (Fsp3) is 0.625. The van der Waals surface area contributed by atoms with Gasteiger partial charge in [-0.1, -0.05) is 0 Å². The standard InChI is InChI=1S/C8H11F3N2O/c9-8(10,11)3-1-6-5-13-7(14-6)2-4-12/h5H,1-4,12H2. The minimum absolute atomic E-state index is 0.166. The van der Waals surface area contributed by atoms with Crippen LogP contribution >= 0.6 is 0 Å². The molecular weight excluding hydrogens is 197 g/mol. The lowest BCUT2D eigenvalue weighted by atomic mass is 10.2. The van der Waals surface area contributed by atoms with E-state index in [9.17, 15) is 13.2 Å². The van der Waals surface area contributed by atoms with Crippen molar-refractivity contribution in [2.75, 3.05) is 6.54 Å². The highest BCUT2D eigenvalue weighted by atomic mass is 19.4. The normalized spacial score (nSPS) is 12.0. The van der Waals surface area contributed by atoms with E-state index >= 15 is 0 Å². The highest BCUT2D eigenvalue weighted by Crippen LogP contribution is 2.22. The zero-order valence-electron chi connectivity index (χ0n) is 7.47. The van der Waals surface area contributed by atoms with E-state index in [0.29, 0.717) is 18.9 Å². The van der Waals surface area contributed by atoms with Gasteiger partial charge in [-0.2, -0.15) is 13.2 Å². The average Bonchev–Trinajstić information content (AvgIpc) is 2.49. The molecule has 0 saturated carbocycles. The van der Waals surface area contributed by atoms with Gasteiger partial charge in [-0.15, -0.1) is 0 Å². The van der Waals surface area contributed by atoms with Crippen LogP contribution in [0, 0.1) is 0 Å². The fourth-order valence-electron chi connectivity index (χ4n) is 0.968. The molecule has 0 fully saturated rings. The Balaban J connectivity index is 2.44. The van der Waals surface area contributed by atoms with Crippen LogP contribution in [0.5, 0.6) is 0 Å². The average molecular weight is 208 g/mol. The number of aromatic nitrogens is 1. The maximum absolute atomic E-state index is 11.8. The first kappa shape index (κ1) is 11.0. The molecule has 80 valence electrons. The Morgan fingerprint density at radius 2 is 2.07 bits per heavy atom. The molecule has 1 aromatic rings. The third-order valence-corrected chi connectivity index (χ3v) is 1.61. The number of rotatable bonds is 4. The van der Waals surface area contributed by atoms with E-state index in [4.69, 9.17) is 10.2 Å². The highest BCUT2D eigenvalue weighted by Gasteiger charge is 2.27. The van der Waals surface area contributed by atoms with Gasteiger partial charge in [0.25, 0.3) is 0 Å². The van der Waals surface area contributed by atoms with Crippen molar-refractivity contribution in [3.63, 3.8) is 0 Å². The lowest BCUT2D eigenvalue weighted by Crippen LogP contribution is -2.08. The summed E-state index contributed by atoms with van der Waals surface area (Å²) in [4.78, 5) is 3.79. The molecule has 1 aromatic heterocycles. The van der Waals surface area contributed by atoms with E-state index in [1.54, 1.807) is 0 Å². The van der Waals surface area contributed by atoms with Gasteiger partial charge in [0.15, 0.2) is 5.89 Å². The van der Waals surface area contributed by atoms with Crippen molar-refractivity contribution in [2.45, 2.75) is 25.4 Å². The minimum Gasteiger partial charge on any atom is -0.446 e. The van der Waals surface area contributed by atoms with Crippen molar-refractivity contribution in [2.24, 2.45) is 5.73 Å². The molecular formula is C8H11F3N2O. The smallest absolute Gasteiger partial charge is 0.389 e. The molecule has 0 aromatic carbocycles. The van der Waals surface area contributed by atoms with Crippen LogP contribution < -0.4 is 5.73 Å².